The lowest BCUT2D eigenvalue weighted by atomic mass is 10.1. The summed E-state index contributed by atoms with van der Waals surface area (Å²) in [6.45, 7) is 3.35. The van der Waals surface area contributed by atoms with E-state index >= 15 is 0 Å². The molecule has 2 aromatic heterocycles. The van der Waals surface area contributed by atoms with Crippen LogP contribution in [0.15, 0.2) is 30.6 Å². The number of imidazole rings is 1. The number of benzene rings is 1. The van der Waals surface area contributed by atoms with Gasteiger partial charge < -0.3 is 29.4 Å². The molecule has 0 saturated carbocycles. The molecule has 14 nitrogen and oxygen atoms in total. The molecule has 0 unspecified atom stereocenters. The van der Waals surface area contributed by atoms with Gasteiger partial charge in [-0.05, 0) is 12.1 Å². The van der Waals surface area contributed by atoms with Crippen LogP contribution in [0.1, 0.15) is 37.4 Å². The normalized spacial score (nSPS) is 20.6. The van der Waals surface area contributed by atoms with Crippen LogP contribution in [-0.2, 0) is 38.1 Å². The van der Waals surface area contributed by atoms with Crippen LogP contribution in [0.25, 0.3) is 22.4 Å². The molecule has 1 aromatic carbocycles. The van der Waals surface area contributed by atoms with Gasteiger partial charge in [0.25, 0.3) is 0 Å². The van der Waals surface area contributed by atoms with Gasteiger partial charge in [0.1, 0.15) is 23.9 Å². The first-order valence-electron chi connectivity index (χ1n) is 11.4. The number of hydrogen-bond acceptors (Lipinski definition) is 13. The number of rotatable bonds is 7. The largest absolute Gasteiger partial charge is 0.465 e. The van der Waals surface area contributed by atoms with Crippen LogP contribution in [0.2, 0.25) is 0 Å². The number of carbonyl (C=O) groups excluding carboxylic acids is 4. The Balaban J connectivity index is 1.78. The molecule has 0 amide bonds. The Labute approximate surface area is 216 Å². The molecule has 1 fully saturated rings. The van der Waals surface area contributed by atoms with Crippen molar-refractivity contribution in [1.29, 1.82) is 0 Å². The van der Waals surface area contributed by atoms with Crippen molar-refractivity contribution in [2.24, 2.45) is 0 Å². The van der Waals surface area contributed by atoms with Crippen molar-refractivity contribution < 1.29 is 42.9 Å². The predicted octanol–water partition coefficient (Wildman–Crippen LogP) is 1.19. The van der Waals surface area contributed by atoms with Crippen molar-refractivity contribution in [3.8, 4) is 11.3 Å². The van der Waals surface area contributed by atoms with E-state index in [4.69, 9.17) is 29.4 Å². The number of aromatic nitrogens is 4. The summed E-state index contributed by atoms with van der Waals surface area (Å²) >= 11 is 0. The minimum atomic E-state index is -1.13. The lowest BCUT2D eigenvalue weighted by Gasteiger charge is -2.23. The highest BCUT2D eigenvalue weighted by atomic mass is 16.7. The van der Waals surface area contributed by atoms with E-state index in [9.17, 15) is 19.2 Å². The highest BCUT2D eigenvalue weighted by Gasteiger charge is 2.51. The maximum absolute atomic E-state index is 12.0. The molecule has 38 heavy (non-hydrogen) atoms. The van der Waals surface area contributed by atoms with Crippen molar-refractivity contribution in [3.63, 3.8) is 0 Å². The van der Waals surface area contributed by atoms with Gasteiger partial charge in [-0.1, -0.05) is 12.1 Å². The first-order valence-corrected chi connectivity index (χ1v) is 11.4. The lowest BCUT2D eigenvalue weighted by molar-refractivity contribution is -0.166. The minimum Gasteiger partial charge on any atom is -0.465 e. The highest BCUT2D eigenvalue weighted by molar-refractivity contribution is 5.92. The summed E-state index contributed by atoms with van der Waals surface area (Å²) < 4.78 is 28.2. The predicted molar refractivity (Wildman–Crippen MR) is 128 cm³/mol. The fraction of sp³-hybridized carbons (Fsp3) is 0.375. The van der Waals surface area contributed by atoms with E-state index in [2.05, 4.69) is 15.0 Å². The monoisotopic (exact) mass is 527 g/mol. The first-order chi connectivity index (χ1) is 18.1. The Morgan fingerprint density at radius 2 is 1.63 bits per heavy atom. The van der Waals surface area contributed by atoms with Gasteiger partial charge in [-0.25, -0.2) is 14.8 Å². The van der Waals surface area contributed by atoms with Gasteiger partial charge in [-0.2, -0.15) is 4.98 Å². The molecule has 3 aromatic rings. The number of hydrogen-bond donors (Lipinski definition) is 1. The van der Waals surface area contributed by atoms with E-state index in [0.717, 1.165) is 0 Å². The van der Waals surface area contributed by atoms with Crippen LogP contribution in [0.3, 0.4) is 0 Å². The number of carbonyl (C=O) groups is 4. The summed E-state index contributed by atoms with van der Waals surface area (Å²) in [5, 5.41) is 0. The number of fused-ring (bicyclic) bond motifs is 1. The third-order valence-corrected chi connectivity index (χ3v) is 5.63. The van der Waals surface area contributed by atoms with Crippen LogP contribution in [0.5, 0.6) is 0 Å². The van der Waals surface area contributed by atoms with Gasteiger partial charge >= 0.3 is 23.9 Å². The molecule has 200 valence electrons. The Bertz CT molecular complexity index is 1390. The van der Waals surface area contributed by atoms with Gasteiger partial charge in [0, 0.05) is 26.3 Å². The molecule has 2 N–H and O–H groups in total. The zero-order valence-electron chi connectivity index (χ0n) is 20.9. The molecule has 0 radical (unpaired) electrons. The van der Waals surface area contributed by atoms with Crippen LogP contribution >= 0.6 is 0 Å². The lowest BCUT2D eigenvalue weighted by Crippen LogP contribution is -2.40. The van der Waals surface area contributed by atoms with Crippen molar-refractivity contribution in [2.45, 2.75) is 45.3 Å². The molecule has 0 spiro atoms. The van der Waals surface area contributed by atoms with Crippen LogP contribution in [-0.4, -0.2) is 75.4 Å². The SMILES string of the molecule is COC(=O)c1ccc(-c2nc(N)nc3c2ncn3[C@@H]2O[C@H](COC(C)=O)[C@@H](OC(C)=O)[C@H]2OC(C)=O)cc1. The number of esters is 4. The maximum Gasteiger partial charge on any atom is 0.337 e. The summed E-state index contributed by atoms with van der Waals surface area (Å²) in [6.07, 6.45) is -2.86. The first kappa shape index (κ1) is 26.5. The summed E-state index contributed by atoms with van der Waals surface area (Å²) in [4.78, 5) is 60.1. The molecule has 3 heterocycles. The highest BCUT2D eigenvalue weighted by Crippen LogP contribution is 2.37. The maximum atomic E-state index is 12.0. The van der Waals surface area contributed by atoms with Crippen molar-refractivity contribution in [2.75, 3.05) is 19.5 Å². The number of nitrogen functional groups attached to an aromatic ring is 1. The van der Waals surface area contributed by atoms with Gasteiger partial charge in [0.05, 0.1) is 19.0 Å². The third kappa shape index (κ3) is 5.39. The molecular weight excluding hydrogens is 502 g/mol. The number of ether oxygens (including phenoxy) is 5. The molecule has 0 aliphatic carbocycles. The number of nitrogens with zero attached hydrogens (tertiary/aromatic N) is 4. The molecule has 1 saturated heterocycles. The van der Waals surface area contributed by atoms with E-state index in [-0.39, 0.29) is 18.2 Å². The Morgan fingerprint density at radius 3 is 2.24 bits per heavy atom. The van der Waals surface area contributed by atoms with Gasteiger partial charge in [0.15, 0.2) is 24.1 Å². The van der Waals surface area contributed by atoms with Gasteiger partial charge in [-0.15, -0.1) is 0 Å². The average molecular weight is 527 g/mol. The van der Waals surface area contributed by atoms with Gasteiger partial charge in [-0.3, -0.25) is 19.0 Å². The molecule has 1 aliphatic heterocycles. The fourth-order valence-corrected chi connectivity index (χ4v) is 4.12. The van der Waals surface area contributed by atoms with E-state index in [0.29, 0.717) is 22.3 Å². The van der Waals surface area contributed by atoms with Crippen molar-refractivity contribution in [3.05, 3.63) is 36.2 Å². The van der Waals surface area contributed by atoms with Crippen molar-refractivity contribution >= 4 is 41.0 Å². The second-order valence-electron chi connectivity index (χ2n) is 8.34. The van der Waals surface area contributed by atoms with E-state index in [1.807, 2.05) is 0 Å². The Morgan fingerprint density at radius 1 is 0.974 bits per heavy atom. The number of anilines is 1. The second-order valence-corrected chi connectivity index (χ2v) is 8.34. The molecule has 14 heteroatoms. The topological polar surface area (TPSA) is 184 Å². The molecule has 4 rings (SSSR count). The summed E-state index contributed by atoms with van der Waals surface area (Å²) in [6, 6.07) is 6.46. The Kier molecular flexibility index (Phi) is 7.52. The van der Waals surface area contributed by atoms with Crippen LogP contribution in [0, 0.1) is 0 Å². The zero-order valence-corrected chi connectivity index (χ0v) is 20.9. The molecular formula is C24H25N5O9. The van der Waals surface area contributed by atoms with Crippen LogP contribution < -0.4 is 5.73 Å². The van der Waals surface area contributed by atoms with Gasteiger partial charge in [0.2, 0.25) is 5.95 Å². The standard InChI is InChI=1S/C24H25N5O9/c1-11(30)35-9-16-19(36-12(2)31)20(37-13(3)32)22(38-16)29-10-26-18-17(27-24(25)28-21(18)29)14-5-7-15(8-6-14)23(33)34-4/h5-8,10,16,19-20,22H,9H2,1-4H3,(H2,25,27,28)/t16-,19-,20-,22-/m1/s1. The molecule has 0 bridgehead atoms. The smallest absolute Gasteiger partial charge is 0.337 e. The molecule has 1 aliphatic rings. The quantitative estimate of drug-likeness (QED) is 0.341. The van der Waals surface area contributed by atoms with Crippen LogP contribution in [0.4, 0.5) is 5.95 Å². The van der Waals surface area contributed by atoms with E-state index < -0.39 is 48.4 Å². The fourth-order valence-electron chi connectivity index (χ4n) is 4.12. The minimum absolute atomic E-state index is 0.0821. The third-order valence-electron chi connectivity index (χ3n) is 5.63. The molecule has 4 atom stereocenters. The average Bonchev–Trinajstić information content (AvgIpc) is 3.42. The number of methoxy groups -OCH3 is 1. The summed E-state index contributed by atoms with van der Waals surface area (Å²) in [7, 11) is 1.29. The van der Waals surface area contributed by atoms with Crippen molar-refractivity contribution in [1.82, 2.24) is 19.5 Å². The Hall–Kier alpha value is -4.59. The summed E-state index contributed by atoms with van der Waals surface area (Å²) in [5.74, 6) is -2.45. The van der Waals surface area contributed by atoms with E-state index in [1.54, 1.807) is 24.3 Å². The zero-order chi connectivity index (χ0) is 27.6. The number of nitrogens with two attached hydrogens (primary N) is 1. The second kappa shape index (κ2) is 10.8. The van der Waals surface area contributed by atoms with E-state index in [1.165, 1.54) is 38.8 Å². The summed E-state index contributed by atoms with van der Waals surface area (Å²) in [5.41, 5.74) is 7.90.